The molecule has 1 aliphatic rings. The van der Waals surface area contributed by atoms with Crippen LogP contribution in [-0.4, -0.2) is 44.3 Å². The first kappa shape index (κ1) is 20.1. The Kier molecular flexibility index (Phi) is 8.85. The highest BCUT2D eigenvalue weighted by molar-refractivity contribution is 5.85. The molecule has 1 rings (SSSR count). The summed E-state index contributed by atoms with van der Waals surface area (Å²) in [7, 11) is 2.87. The maximum absolute atomic E-state index is 12.3. The van der Waals surface area contributed by atoms with Crippen molar-refractivity contribution in [2.24, 2.45) is 11.7 Å². The first-order valence-electron chi connectivity index (χ1n) is 7.03. The number of rotatable bonds is 6. The van der Waals surface area contributed by atoms with Gasteiger partial charge < -0.3 is 20.5 Å². The highest BCUT2D eigenvalue weighted by Crippen LogP contribution is 2.24. The van der Waals surface area contributed by atoms with Gasteiger partial charge in [0.25, 0.3) is 0 Å². The van der Waals surface area contributed by atoms with Gasteiger partial charge in [0.1, 0.15) is 0 Å². The molecule has 1 saturated carbocycles. The fraction of sp³-hybridized carbons (Fsp3) is 0.857. The van der Waals surface area contributed by atoms with Gasteiger partial charge in [-0.1, -0.05) is 6.42 Å². The van der Waals surface area contributed by atoms with Gasteiger partial charge in [-0.3, -0.25) is 9.59 Å². The van der Waals surface area contributed by atoms with Crippen molar-refractivity contribution in [2.45, 2.75) is 50.6 Å². The Labute approximate surface area is 132 Å². The molecule has 0 aliphatic heterocycles. The topological polar surface area (TPSA) is 90.6 Å². The third-order valence-electron chi connectivity index (χ3n) is 3.74. The van der Waals surface area contributed by atoms with E-state index >= 15 is 0 Å². The van der Waals surface area contributed by atoms with Gasteiger partial charge in [-0.05, 0) is 26.2 Å². The Morgan fingerprint density at radius 2 is 2.00 bits per heavy atom. The molecule has 3 N–H and O–H groups in total. The van der Waals surface area contributed by atoms with Crippen molar-refractivity contribution in [1.29, 1.82) is 0 Å². The predicted molar refractivity (Wildman–Crippen MR) is 82.2 cm³/mol. The molecule has 0 heterocycles. The maximum atomic E-state index is 12.3. The van der Waals surface area contributed by atoms with Crippen LogP contribution in [0.3, 0.4) is 0 Å². The Bertz CT molecular complexity index is 354. The van der Waals surface area contributed by atoms with Crippen LogP contribution in [0.4, 0.5) is 0 Å². The Morgan fingerprint density at radius 1 is 1.33 bits per heavy atom. The molecule has 7 heteroatoms. The number of hydrogen-bond acceptors (Lipinski definition) is 5. The number of nitrogens with two attached hydrogens (primary N) is 1. The summed E-state index contributed by atoms with van der Waals surface area (Å²) in [6, 6.07) is 0.0915. The highest BCUT2D eigenvalue weighted by Gasteiger charge is 2.34. The summed E-state index contributed by atoms with van der Waals surface area (Å²) in [6.07, 6.45) is 3.58. The van der Waals surface area contributed by atoms with Gasteiger partial charge in [0, 0.05) is 19.1 Å². The second kappa shape index (κ2) is 9.23. The number of nitrogens with one attached hydrogen (secondary N) is 1. The molecular formula is C14H27ClN2O4. The molecule has 1 amide bonds. The minimum absolute atomic E-state index is 0. The molecule has 0 aromatic carbocycles. The molecule has 1 fully saturated rings. The monoisotopic (exact) mass is 322 g/mol. The van der Waals surface area contributed by atoms with Crippen molar-refractivity contribution in [1.82, 2.24) is 5.32 Å². The van der Waals surface area contributed by atoms with E-state index in [0.29, 0.717) is 6.42 Å². The first-order valence-corrected chi connectivity index (χ1v) is 7.03. The maximum Gasteiger partial charge on any atom is 0.307 e. The fourth-order valence-corrected chi connectivity index (χ4v) is 2.71. The number of methoxy groups -OCH3 is 2. The second-order valence-corrected chi connectivity index (χ2v) is 5.86. The molecule has 1 aliphatic carbocycles. The summed E-state index contributed by atoms with van der Waals surface area (Å²) < 4.78 is 9.79. The quantitative estimate of drug-likeness (QED) is 0.712. The van der Waals surface area contributed by atoms with E-state index in [0.717, 1.165) is 19.3 Å². The van der Waals surface area contributed by atoms with E-state index in [-0.39, 0.29) is 49.3 Å². The lowest BCUT2D eigenvalue weighted by Gasteiger charge is -2.33. The average molecular weight is 323 g/mol. The van der Waals surface area contributed by atoms with E-state index in [1.54, 1.807) is 6.92 Å². The van der Waals surface area contributed by atoms with E-state index < -0.39 is 5.54 Å². The van der Waals surface area contributed by atoms with Crippen LogP contribution in [-0.2, 0) is 19.1 Å². The van der Waals surface area contributed by atoms with Crippen molar-refractivity contribution >= 4 is 24.3 Å². The van der Waals surface area contributed by atoms with Crippen LogP contribution in [0, 0.1) is 5.92 Å². The number of carbonyl (C=O) groups excluding carboxylic acids is 2. The second-order valence-electron chi connectivity index (χ2n) is 5.86. The summed E-state index contributed by atoms with van der Waals surface area (Å²) in [5.74, 6) is -0.499. The minimum Gasteiger partial charge on any atom is -0.469 e. The van der Waals surface area contributed by atoms with E-state index in [4.69, 9.17) is 10.5 Å². The summed E-state index contributed by atoms with van der Waals surface area (Å²) >= 11 is 0. The summed E-state index contributed by atoms with van der Waals surface area (Å²) in [5, 5.41) is 2.93. The average Bonchev–Trinajstić information content (AvgIpc) is 2.38. The molecular weight excluding hydrogens is 296 g/mol. The third kappa shape index (κ3) is 6.63. The summed E-state index contributed by atoms with van der Waals surface area (Å²) in [4.78, 5) is 23.8. The van der Waals surface area contributed by atoms with Gasteiger partial charge in [-0.25, -0.2) is 0 Å². The third-order valence-corrected chi connectivity index (χ3v) is 3.74. The smallest absolute Gasteiger partial charge is 0.307 e. The van der Waals surface area contributed by atoms with Crippen LogP contribution in [0.1, 0.15) is 39.0 Å². The van der Waals surface area contributed by atoms with Crippen LogP contribution >= 0.6 is 12.4 Å². The lowest BCUT2D eigenvalue weighted by molar-refractivity contribution is -0.143. The molecule has 6 nitrogen and oxygen atoms in total. The molecule has 0 radical (unpaired) electrons. The zero-order valence-corrected chi connectivity index (χ0v) is 13.8. The van der Waals surface area contributed by atoms with Crippen LogP contribution in [0.25, 0.3) is 0 Å². The van der Waals surface area contributed by atoms with Crippen LogP contribution in [0.5, 0.6) is 0 Å². The van der Waals surface area contributed by atoms with Gasteiger partial charge in [-0.15, -0.1) is 12.4 Å². The van der Waals surface area contributed by atoms with E-state index in [9.17, 15) is 9.59 Å². The first-order chi connectivity index (χ1) is 9.40. The lowest BCUT2D eigenvalue weighted by atomic mass is 9.84. The molecule has 21 heavy (non-hydrogen) atoms. The van der Waals surface area contributed by atoms with Crippen molar-refractivity contribution in [3.05, 3.63) is 0 Å². The summed E-state index contributed by atoms with van der Waals surface area (Å²) in [6.45, 7) is 2.04. The standard InChI is InChI=1S/C14H26N2O4.ClH/c1-14(9-19-2,8-12(17)20-3)16-13(18)10-5-4-6-11(15)7-10;/h10-11H,4-9,15H2,1-3H3,(H,16,18);1H. The van der Waals surface area contributed by atoms with Gasteiger partial charge in [-0.2, -0.15) is 0 Å². The minimum atomic E-state index is -0.750. The molecule has 0 saturated heterocycles. The number of carbonyl (C=O) groups is 2. The highest BCUT2D eigenvalue weighted by atomic mass is 35.5. The van der Waals surface area contributed by atoms with E-state index in [1.807, 2.05) is 0 Å². The van der Waals surface area contributed by atoms with Gasteiger partial charge >= 0.3 is 5.97 Å². The van der Waals surface area contributed by atoms with Crippen LogP contribution in [0.2, 0.25) is 0 Å². The molecule has 3 unspecified atom stereocenters. The lowest BCUT2D eigenvalue weighted by Crippen LogP contribution is -2.53. The van der Waals surface area contributed by atoms with Crippen LogP contribution in [0.15, 0.2) is 0 Å². The van der Waals surface area contributed by atoms with Crippen molar-refractivity contribution in [3.63, 3.8) is 0 Å². The van der Waals surface area contributed by atoms with Gasteiger partial charge in [0.15, 0.2) is 0 Å². The van der Waals surface area contributed by atoms with Crippen molar-refractivity contribution in [2.75, 3.05) is 20.8 Å². The fourth-order valence-electron chi connectivity index (χ4n) is 2.71. The number of halogens is 1. The van der Waals surface area contributed by atoms with Crippen molar-refractivity contribution in [3.8, 4) is 0 Å². The number of ether oxygens (including phenoxy) is 2. The zero-order chi connectivity index (χ0) is 15.2. The van der Waals surface area contributed by atoms with E-state index in [1.165, 1.54) is 14.2 Å². The number of hydrogen-bond donors (Lipinski definition) is 2. The molecule has 0 aromatic heterocycles. The number of esters is 1. The SMILES string of the molecule is COCC(C)(CC(=O)OC)NC(=O)C1CCCC(N)C1.Cl. The largest absolute Gasteiger partial charge is 0.469 e. The molecule has 3 atom stereocenters. The van der Waals surface area contributed by atoms with Gasteiger partial charge in [0.05, 0.1) is 25.7 Å². The van der Waals surface area contributed by atoms with Gasteiger partial charge in [0.2, 0.25) is 5.91 Å². The zero-order valence-electron chi connectivity index (χ0n) is 13.0. The Balaban J connectivity index is 0.00000400. The molecule has 0 bridgehead atoms. The normalized spacial score (nSPS) is 24.4. The molecule has 124 valence electrons. The van der Waals surface area contributed by atoms with Crippen LogP contribution < -0.4 is 11.1 Å². The predicted octanol–water partition coefficient (Wildman–Crippen LogP) is 1.01. The molecule has 0 aromatic rings. The summed E-state index contributed by atoms with van der Waals surface area (Å²) in [5.41, 5.74) is 5.16. The van der Waals surface area contributed by atoms with E-state index in [2.05, 4.69) is 10.1 Å². The van der Waals surface area contributed by atoms with Crippen molar-refractivity contribution < 1.29 is 19.1 Å². The Hall–Kier alpha value is -0.850. The molecule has 0 spiro atoms. The number of amides is 1. The Morgan fingerprint density at radius 3 is 2.52 bits per heavy atom.